The molecule has 38 heavy (non-hydrogen) atoms. The Kier molecular flexibility index (Phi) is 6.02. The minimum atomic E-state index is -0.745. The normalized spacial score (nSPS) is 16.8. The minimum absolute atomic E-state index is 0.0767. The van der Waals surface area contributed by atoms with Crippen molar-refractivity contribution in [1.29, 1.82) is 0 Å². The van der Waals surface area contributed by atoms with Gasteiger partial charge >= 0.3 is 0 Å². The maximum atomic E-state index is 13.4. The molecule has 1 aliphatic rings. The molecule has 1 saturated heterocycles. The monoisotopic (exact) mass is 517 g/mol. The molecule has 0 spiro atoms. The number of ether oxygens (including phenoxy) is 1. The molecule has 1 unspecified atom stereocenters. The Morgan fingerprint density at radius 2 is 1.61 bits per heavy atom. The summed E-state index contributed by atoms with van der Waals surface area (Å²) in [7, 11) is 0. The fourth-order valence-corrected chi connectivity index (χ4v) is 5.62. The number of aryl methyl sites for hydroxylation is 1. The molecule has 0 bridgehead atoms. The molecule has 0 saturated carbocycles. The van der Waals surface area contributed by atoms with Crippen LogP contribution in [0.5, 0.6) is 11.5 Å². The zero-order valence-corrected chi connectivity index (χ0v) is 21.3. The third-order valence-corrected chi connectivity index (χ3v) is 7.54. The molecule has 1 aliphatic heterocycles. The average molecular weight is 518 g/mol. The summed E-state index contributed by atoms with van der Waals surface area (Å²) in [5, 5.41) is 15.2. The zero-order chi connectivity index (χ0) is 26.2. The van der Waals surface area contributed by atoms with Crippen molar-refractivity contribution in [3.63, 3.8) is 0 Å². The van der Waals surface area contributed by atoms with Gasteiger partial charge in [0.05, 0.1) is 5.57 Å². The summed E-state index contributed by atoms with van der Waals surface area (Å²) >= 11 is 1.43. The van der Waals surface area contributed by atoms with Crippen LogP contribution in [0.4, 0.5) is 5.69 Å². The molecule has 1 amide bonds. The van der Waals surface area contributed by atoms with Crippen LogP contribution >= 0.6 is 11.3 Å². The van der Waals surface area contributed by atoms with Crippen LogP contribution in [0.15, 0.2) is 114 Å². The summed E-state index contributed by atoms with van der Waals surface area (Å²) in [4.78, 5) is 29.0. The van der Waals surface area contributed by atoms with Gasteiger partial charge in [0, 0.05) is 16.1 Å². The first-order chi connectivity index (χ1) is 18.5. The smallest absolute Gasteiger partial charge is 0.300 e. The second-order valence-corrected chi connectivity index (χ2v) is 10.1. The lowest BCUT2D eigenvalue weighted by Crippen LogP contribution is -2.29. The first-order valence-electron chi connectivity index (χ1n) is 12.2. The summed E-state index contributed by atoms with van der Waals surface area (Å²) in [6.07, 6.45) is 0. The number of rotatable bonds is 5. The number of amides is 1. The molecule has 186 valence electrons. The van der Waals surface area contributed by atoms with Crippen molar-refractivity contribution in [1.82, 2.24) is 0 Å². The molecule has 4 aromatic carbocycles. The van der Waals surface area contributed by atoms with Crippen LogP contribution < -0.4 is 9.64 Å². The Morgan fingerprint density at radius 1 is 0.816 bits per heavy atom. The predicted octanol–water partition coefficient (Wildman–Crippen LogP) is 7.63. The Hall–Kier alpha value is -4.68. The maximum absolute atomic E-state index is 13.4. The summed E-state index contributed by atoms with van der Waals surface area (Å²) in [6.45, 7) is 2.00. The fourth-order valence-electron chi connectivity index (χ4n) is 4.80. The Labute approximate surface area is 223 Å². The molecule has 5 aromatic rings. The van der Waals surface area contributed by atoms with Crippen molar-refractivity contribution < 1.29 is 19.4 Å². The van der Waals surface area contributed by atoms with Gasteiger partial charge in [-0.25, -0.2) is 0 Å². The maximum Gasteiger partial charge on any atom is 0.300 e. The molecule has 0 radical (unpaired) electrons. The molecular formula is C32H23NO4S. The Balaban J connectivity index is 1.40. The number of thiophene rings is 1. The zero-order valence-electron chi connectivity index (χ0n) is 20.5. The first kappa shape index (κ1) is 23.7. The van der Waals surface area contributed by atoms with Gasteiger partial charge in [-0.2, -0.15) is 0 Å². The van der Waals surface area contributed by atoms with E-state index in [2.05, 4.69) is 0 Å². The number of benzene rings is 4. The van der Waals surface area contributed by atoms with E-state index in [9.17, 15) is 14.7 Å². The number of ketones is 1. The second-order valence-electron chi connectivity index (χ2n) is 9.16. The van der Waals surface area contributed by atoms with Crippen molar-refractivity contribution in [3.8, 4) is 11.5 Å². The quantitative estimate of drug-likeness (QED) is 0.148. The molecule has 1 fully saturated rings. The van der Waals surface area contributed by atoms with Gasteiger partial charge in [0.2, 0.25) is 0 Å². The number of hydrogen-bond acceptors (Lipinski definition) is 5. The van der Waals surface area contributed by atoms with E-state index in [1.165, 1.54) is 16.2 Å². The van der Waals surface area contributed by atoms with E-state index in [-0.39, 0.29) is 11.3 Å². The number of carbonyl (C=O) groups is 2. The van der Waals surface area contributed by atoms with Gasteiger partial charge in [-0.1, -0.05) is 54.6 Å². The molecule has 1 atom stereocenters. The summed E-state index contributed by atoms with van der Waals surface area (Å²) in [5.74, 6) is -0.256. The third kappa shape index (κ3) is 4.25. The number of aliphatic hydroxyl groups is 1. The highest BCUT2D eigenvalue weighted by Crippen LogP contribution is 2.44. The molecule has 2 heterocycles. The number of Topliss-reactive ketones (excluding diaryl/α,β-unsaturated/α-hetero) is 1. The second kappa shape index (κ2) is 9.65. The van der Waals surface area contributed by atoms with Crippen molar-refractivity contribution in [2.24, 2.45) is 0 Å². The number of hydrogen-bond donors (Lipinski definition) is 1. The van der Waals surface area contributed by atoms with Crippen molar-refractivity contribution in [3.05, 3.63) is 130 Å². The van der Waals surface area contributed by atoms with Crippen LogP contribution in [0, 0.1) is 6.92 Å². The number of carbonyl (C=O) groups excluding carboxylic acids is 2. The van der Waals surface area contributed by atoms with Gasteiger partial charge in [-0.3, -0.25) is 14.5 Å². The van der Waals surface area contributed by atoms with Gasteiger partial charge in [0.15, 0.2) is 0 Å². The lowest BCUT2D eigenvalue weighted by atomic mass is 9.98. The highest BCUT2D eigenvalue weighted by Gasteiger charge is 2.47. The number of fused-ring (bicyclic) bond motifs is 1. The molecule has 6 heteroatoms. The van der Waals surface area contributed by atoms with Crippen LogP contribution in [0.3, 0.4) is 0 Å². The molecule has 0 aliphatic carbocycles. The number of nitrogens with zero attached hydrogens (tertiary/aromatic N) is 1. The first-order valence-corrected chi connectivity index (χ1v) is 13.1. The van der Waals surface area contributed by atoms with E-state index in [0.29, 0.717) is 22.7 Å². The van der Waals surface area contributed by atoms with E-state index < -0.39 is 17.7 Å². The number of aliphatic hydroxyl groups excluding tert-OH is 1. The van der Waals surface area contributed by atoms with Crippen molar-refractivity contribution in [2.45, 2.75) is 13.0 Å². The van der Waals surface area contributed by atoms with E-state index >= 15 is 0 Å². The van der Waals surface area contributed by atoms with Gasteiger partial charge in [0.25, 0.3) is 11.7 Å². The predicted molar refractivity (Wildman–Crippen MR) is 151 cm³/mol. The molecule has 6 rings (SSSR count). The summed E-state index contributed by atoms with van der Waals surface area (Å²) < 4.78 is 5.96. The third-order valence-electron chi connectivity index (χ3n) is 6.62. The lowest BCUT2D eigenvalue weighted by Gasteiger charge is -2.24. The van der Waals surface area contributed by atoms with E-state index in [4.69, 9.17) is 4.74 Å². The topological polar surface area (TPSA) is 66.8 Å². The van der Waals surface area contributed by atoms with Gasteiger partial charge in [-0.15, -0.1) is 11.3 Å². The number of anilines is 1. The van der Waals surface area contributed by atoms with Gasteiger partial charge < -0.3 is 9.84 Å². The average Bonchev–Trinajstić information content (AvgIpc) is 3.55. The van der Waals surface area contributed by atoms with Crippen LogP contribution in [0.1, 0.15) is 22.0 Å². The van der Waals surface area contributed by atoms with Crippen LogP contribution in [0.2, 0.25) is 0 Å². The Morgan fingerprint density at radius 3 is 2.34 bits per heavy atom. The minimum Gasteiger partial charge on any atom is -0.507 e. The van der Waals surface area contributed by atoms with Crippen LogP contribution in [-0.4, -0.2) is 16.8 Å². The molecule has 5 nitrogen and oxygen atoms in total. The van der Waals surface area contributed by atoms with Crippen molar-refractivity contribution >= 4 is 45.2 Å². The van der Waals surface area contributed by atoms with Crippen LogP contribution in [-0.2, 0) is 9.59 Å². The standard InChI is InChI=1S/C32H23NO4S/c1-20-6-4-9-26(18-20)37-25-15-13-24(14-16-25)33-29(27-10-5-17-38-27)28(31(35)32(33)36)30(34)23-12-11-21-7-2-3-8-22(21)19-23/h2-19,29,34H,1H3/b30-28-. The van der Waals surface area contributed by atoms with E-state index in [1.807, 2.05) is 85.1 Å². The molecular weight excluding hydrogens is 494 g/mol. The largest absolute Gasteiger partial charge is 0.507 e. The lowest BCUT2D eigenvalue weighted by molar-refractivity contribution is -0.132. The van der Waals surface area contributed by atoms with E-state index in [0.717, 1.165) is 21.2 Å². The van der Waals surface area contributed by atoms with E-state index in [1.54, 1.807) is 30.3 Å². The van der Waals surface area contributed by atoms with Gasteiger partial charge in [-0.05, 0) is 77.2 Å². The highest BCUT2D eigenvalue weighted by atomic mass is 32.1. The summed E-state index contributed by atoms with van der Waals surface area (Å²) in [6, 6.07) is 31.1. The fraction of sp³-hybridized carbons (Fsp3) is 0.0625. The highest BCUT2D eigenvalue weighted by molar-refractivity contribution is 7.10. The molecule has 1 N–H and O–H groups in total. The van der Waals surface area contributed by atoms with Gasteiger partial charge in [0.1, 0.15) is 23.3 Å². The van der Waals surface area contributed by atoms with Crippen molar-refractivity contribution in [2.75, 3.05) is 4.90 Å². The SMILES string of the molecule is Cc1cccc(Oc2ccc(N3C(=O)C(=O)/C(=C(\O)c4ccc5ccccc5c4)C3c3cccs3)cc2)c1. The molecule has 1 aromatic heterocycles. The van der Waals surface area contributed by atoms with Crippen LogP contribution in [0.25, 0.3) is 16.5 Å². The Bertz CT molecular complexity index is 1700. The summed E-state index contributed by atoms with van der Waals surface area (Å²) in [5.41, 5.74) is 2.20.